The minimum absolute atomic E-state index is 0.0452. The van der Waals surface area contributed by atoms with Gasteiger partial charge in [-0.3, -0.25) is 18.9 Å². The first-order valence-electron chi connectivity index (χ1n) is 10.4. The standard InChI is InChI=1S/C18H24N6O10S2/c1-18(2,16(29)30)34-23-11(9-6-35-17(19)21-9)14(27)22-12-10(24(15(12)28)36(31,32)33)4-7-3-8(5-25)20-13(7)26/h6-8,10,12,25H,3-5H2,1-2H3,(H2,19,21)(H,20,26)(H,22,27)(H,29,30)(H,31,32,33)/b23-11-/t7-,8?,10-,12+/m1/s1. The van der Waals surface area contributed by atoms with Crippen molar-refractivity contribution >= 4 is 56.2 Å². The van der Waals surface area contributed by atoms with Gasteiger partial charge in [-0.25, -0.2) is 14.1 Å². The molecule has 16 nitrogen and oxygen atoms in total. The molecule has 2 saturated heterocycles. The summed E-state index contributed by atoms with van der Waals surface area (Å²) in [6, 6.07) is -3.38. The number of carbonyl (C=O) groups is 4. The van der Waals surface area contributed by atoms with Crippen LogP contribution in [0.1, 0.15) is 32.4 Å². The molecule has 7 N–H and O–H groups in total. The molecule has 198 valence electrons. The molecule has 3 rings (SSSR count). The molecule has 0 saturated carbocycles. The molecule has 2 aliphatic heterocycles. The van der Waals surface area contributed by atoms with Crippen molar-refractivity contribution in [2.24, 2.45) is 11.1 Å². The number of thiazole rings is 1. The lowest BCUT2D eigenvalue weighted by Gasteiger charge is -2.45. The fourth-order valence-electron chi connectivity index (χ4n) is 3.65. The highest BCUT2D eigenvalue weighted by molar-refractivity contribution is 7.84. The number of rotatable bonds is 10. The van der Waals surface area contributed by atoms with Crippen LogP contribution in [0.5, 0.6) is 0 Å². The number of β-lactam (4-membered cyclic amide) rings is 1. The van der Waals surface area contributed by atoms with Gasteiger partial charge in [0.2, 0.25) is 11.5 Å². The number of nitrogens with one attached hydrogen (secondary N) is 2. The summed E-state index contributed by atoms with van der Waals surface area (Å²) in [5, 5.41) is 28.3. The van der Waals surface area contributed by atoms with Gasteiger partial charge in [0.25, 0.3) is 11.8 Å². The summed E-state index contributed by atoms with van der Waals surface area (Å²) in [6.45, 7) is 1.99. The Kier molecular flexibility index (Phi) is 7.53. The molecule has 1 aromatic heterocycles. The summed E-state index contributed by atoms with van der Waals surface area (Å²) in [4.78, 5) is 58.0. The lowest BCUT2D eigenvalue weighted by atomic mass is 9.87. The fraction of sp³-hybridized carbons (Fsp3) is 0.556. The Morgan fingerprint density at radius 3 is 2.58 bits per heavy atom. The predicted octanol–water partition coefficient (Wildman–Crippen LogP) is -2.31. The quantitative estimate of drug-likeness (QED) is 0.0781. The van der Waals surface area contributed by atoms with E-state index in [9.17, 15) is 42.4 Å². The molecule has 2 fully saturated rings. The Morgan fingerprint density at radius 2 is 2.08 bits per heavy atom. The van der Waals surface area contributed by atoms with Crippen LogP contribution in [-0.4, -0.2) is 92.2 Å². The van der Waals surface area contributed by atoms with Crippen LogP contribution in [0.4, 0.5) is 5.13 Å². The first-order chi connectivity index (χ1) is 16.7. The molecule has 36 heavy (non-hydrogen) atoms. The van der Waals surface area contributed by atoms with E-state index in [0.717, 1.165) is 11.3 Å². The third kappa shape index (κ3) is 5.55. The summed E-state index contributed by atoms with van der Waals surface area (Å²) in [5.74, 6) is -4.94. The van der Waals surface area contributed by atoms with E-state index in [1.54, 1.807) is 0 Å². The number of aliphatic hydroxyl groups is 1. The third-order valence-corrected chi connectivity index (χ3v) is 7.22. The van der Waals surface area contributed by atoms with Gasteiger partial charge in [0.05, 0.1) is 18.7 Å². The summed E-state index contributed by atoms with van der Waals surface area (Å²) in [7, 11) is -5.02. The smallest absolute Gasteiger partial charge is 0.362 e. The Hall–Kier alpha value is -3.35. The summed E-state index contributed by atoms with van der Waals surface area (Å²) in [5.41, 5.74) is 3.10. The Bertz CT molecular complexity index is 1210. The number of aliphatic carboxylic acids is 1. The van der Waals surface area contributed by atoms with Crippen LogP contribution in [0.15, 0.2) is 10.5 Å². The van der Waals surface area contributed by atoms with Gasteiger partial charge < -0.3 is 31.4 Å². The van der Waals surface area contributed by atoms with Crippen LogP contribution in [0.3, 0.4) is 0 Å². The zero-order chi connectivity index (χ0) is 27.0. The normalized spacial score (nSPS) is 24.8. The minimum atomic E-state index is -5.02. The van der Waals surface area contributed by atoms with Gasteiger partial charge in [0.1, 0.15) is 11.7 Å². The molecule has 3 heterocycles. The summed E-state index contributed by atoms with van der Waals surface area (Å²) in [6.07, 6.45) is -0.111. The van der Waals surface area contributed by atoms with Crippen molar-refractivity contribution in [1.82, 2.24) is 19.9 Å². The highest BCUT2D eigenvalue weighted by atomic mass is 32.2. The Morgan fingerprint density at radius 1 is 1.42 bits per heavy atom. The number of nitrogen functional groups attached to an aromatic ring is 1. The Labute approximate surface area is 208 Å². The second-order valence-electron chi connectivity index (χ2n) is 8.60. The number of carbonyl (C=O) groups excluding carboxylic acids is 3. The monoisotopic (exact) mass is 548 g/mol. The molecule has 2 aliphatic rings. The van der Waals surface area contributed by atoms with Crippen molar-refractivity contribution in [3.05, 3.63) is 11.1 Å². The summed E-state index contributed by atoms with van der Waals surface area (Å²) < 4.78 is 33.2. The van der Waals surface area contributed by atoms with Gasteiger partial charge in [0, 0.05) is 11.3 Å². The van der Waals surface area contributed by atoms with E-state index in [-0.39, 0.29) is 34.6 Å². The molecular weight excluding hydrogens is 524 g/mol. The maximum absolute atomic E-state index is 13.0. The van der Waals surface area contributed by atoms with Crippen LogP contribution < -0.4 is 16.4 Å². The van der Waals surface area contributed by atoms with Crippen LogP contribution in [0, 0.1) is 5.92 Å². The molecule has 0 aliphatic carbocycles. The average molecular weight is 549 g/mol. The van der Waals surface area contributed by atoms with Crippen LogP contribution in [0.2, 0.25) is 0 Å². The number of nitrogens with two attached hydrogens (primary N) is 1. The fourth-order valence-corrected chi connectivity index (χ4v) is 5.08. The van der Waals surface area contributed by atoms with Gasteiger partial charge in [-0.15, -0.1) is 11.3 Å². The average Bonchev–Trinajstić information content (AvgIpc) is 3.35. The molecule has 1 aromatic rings. The predicted molar refractivity (Wildman–Crippen MR) is 122 cm³/mol. The Balaban J connectivity index is 1.86. The van der Waals surface area contributed by atoms with Gasteiger partial charge in [0.15, 0.2) is 10.8 Å². The van der Waals surface area contributed by atoms with Gasteiger partial charge in [-0.1, -0.05) is 5.16 Å². The maximum atomic E-state index is 13.0. The maximum Gasteiger partial charge on any atom is 0.362 e. The van der Waals surface area contributed by atoms with Crippen molar-refractivity contribution in [2.45, 2.75) is 50.4 Å². The van der Waals surface area contributed by atoms with E-state index in [1.165, 1.54) is 19.2 Å². The van der Waals surface area contributed by atoms with E-state index in [4.69, 9.17) is 10.6 Å². The molecule has 0 radical (unpaired) electrons. The first-order valence-corrected chi connectivity index (χ1v) is 12.7. The van der Waals surface area contributed by atoms with Crippen LogP contribution in [0.25, 0.3) is 0 Å². The molecule has 3 amide bonds. The van der Waals surface area contributed by atoms with Crippen molar-refractivity contribution in [3.63, 3.8) is 0 Å². The number of nitrogens with zero attached hydrogens (tertiary/aromatic N) is 3. The second-order valence-corrected chi connectivity index (χ2v) is 10.8. The van der Waals surface area contributed by atoms with E-state index < -0.39 is 69.4 Å². The van der Waals surface area contributed by atoms with Crippen molar-refractivity contribution < 1.29 is 47.2 Å². The van der Waals surface area contributed by atoms with Gasteiger partial charge >= 0.3 is 16.3 Å². The highest BCUT2D eigenvalue weighted by Crippen LogP contribution is 2.32. The topological polar surface area (TPSA) is 251 Å². The van der Waals surface area contributed by atoms with Gasteiger partial charge in [-0.2, -0.15) is 8.42 Å². The number of hydrogen-bond donors (Lipinski definition) is 6. The van der Waals surface area contributed by atoms with E-state index >= 15 is 0 Å². The van der Waals surface area contributed by atoms with Crippen LogP contribution >= 0.6 is 11.3 Å². The molecule has 1 unspecified atom stereocenters. The highest BCUT2D eigenvalue weighted by Gasteiger charge is 2.55. The zero-order valence-electron chi connectivity index (χ0n) is 18.9. The lowest BCUT2D eigenvalue weighted by Crippen LogP contribution is -2.72. The van der Waals surface area contributed by atoms with Crippen molar-refractivity contribution in [3.8, 4) is 0 Å². The number of hydrogen-bond acceptors (Lipinski definition) is 12. The van der Waals surface area contributed by atoms with E-state index in [0.29, 0.717) is 0 Å². The minimum Gasteiger partial charge on any atom is -0.478 e. The number of aromatic nitrogens is 1. The number of oxime groups is 1. The molecule has 18 heteroatoms. The molecule has 0 aromatic carbocycles. The third-order valence-electron chi connectivity index (χ3n) is 5.60. The molecule has 4 atom stereocenters. The number of carboxylic acids is 1. The van der Waals surface area contributed by atoms with E-state index in [2.05, 4.69) is 20.8 Å². The SMILES string of the molecule is CC(C)(O/N=C(\C(=O)N[C@@H]1C(=O)N(S(=O)(=O)O)[C@@H]1C[C@H]1CC(CO)NC1=O)c1csc(N)n1)C(=O)O. The number of carboxylic acid groups (broad SMARTS) is 1. The van der Waals surface area contributed by atoms with Crippen molar-refractivity contribution in [1.29, 1.82) is 0 Å². The second kappa shape index (κ2) is 9.96. The number of anilines is 1. The van der Waals surface area contributed by atoms with Crippen LogP contribution in [-0.2, 0) is 34.3 Å². The first kappa shape index (κ1) is 27.2. The van der Waals surface area contributed by atoms with Crippen molar-refractivity contribution in [2.75, 3.05) is 12.3 Å². The summed E-state index contributed by atoms with van der Waals surface area (Å²) >= 11 is 0.939. The molecular formula is C18H24N6O10S2. The zero-order valence-corrected chi connectivity index (χ0v) is 20.6. The van der Waals surface area contributed by atoms with E-state index in [1.807, 2.05) is 0 Å². The largest absolute Gasteiger partial charge is 0.478 e. The molecule has 0 spiro atoms. The number of amides is 3. The van der Waals surface area contributed by atoms with Gasteiger partial charge in [-0.05, 0) is 26.7 Å². The number of aliphatic hydroxyl groups excluding tert-OH is 1. The molecule has 0 bridgehead atoms. The lowest BCUT2D eigenvalue weighted by molar-refractivity contribution is -0.161.